The number of benzene rings is 1. The summed E-state index contributed by atoms with van der Waals surface area (Å²) in [6, 6.07) is 4.53. The van der Waals surface area contributed by atoms with Gasteiger partial charge in [0.1, 0.15) is 5.82 Å². The minimum atomic E-state index is -0.681. The van der Waals surface area contributed by atoms with E-state index in [0.717, 1.165) is 5.56 Å². The smallest absolute Gasteiger partial charge is 0.340 e. The molecule has 2 atom stereocenters. The van der Waals surface area contributed by atoms with Crippen molar-refractivity contribution in [3.8, 4) is 0 Å². The zero-order valence-electron chi connectivity index (χ0n) is 11.4. The Balaban J connectivity index is 2.66. The van der Waals surface area contributed by atoms with Crippen LogP contribution in [0.1, 0.15) is 29.8 Å². The zero-order valence-corrected chi connectivity index (χ0v) is 11.4. The van der Waals surface area contributed by atoms with Crippen LogP contribution in [-0.2, 0) is 11.3 Å². The minimum Gasteiger partial charge on any atom is -0.465 e. The van der Waals surface area contributed by atoms with Crippen LogP contribution in [0.5, 0.6) is 0 Å². The molecule has 0 amide bonds. The van der Waals surface area contributed by atoms with Crippen molar-refractivity contribution in [2.45, 2.75) is 26.4 Å². The average molecular weight is 269 g/mol. The molecule has 0 aliphatic carbocycles. The molecule has 0 saturated carbocycles. The first-order chi connectivity index (χ1) is 8.99. The molecule has 0 heterocycles. The van der Waals surface area contributed by atoms with Crippen LogP contribution in [0, 0.1) is 11.7 Å². The average Bonchev–Trinajstić information content (AvgIpc) is 2.43. The molecular formula is C14H20FNO3. The Kier molecular flexibility index (Phi) is 5.92. The lowest BCUT2D eigenvalue weighted by atomic mass is 10.0. The molecule has 0 spiro atoms. The van der Waals surface area contributed by atoms with Crippen LogP contribution >= 0.6 is 0 Å². The van der Waals surface area contributed by atoms with E-state index in [1.807, 2.05) is 13.8 Å². The summed E-state index contributed by atoms with van der Waals surface area (Å²) in [6.45, 7) is 4.46. The van der Waals surface area contributed by atoms with Crippen molar-refractivity contribution >= 4 is 5.97 Å². The normalized spacial score (nSPS) is 13.9. The molecule has 2 unspecified atom stereocenters. The highest BCUT2D eigenvalue weighted by Gasteiger charge is 2.13. The third-order valence-electron chi connectivity index (χ3n) is 3.21. The Morgan fingerprint density at radius 2 is 2.16 bits per heavy atom. The van der Waals surface area contributed by atoms with Gasteiger partial charge in [0.15, 0.2) is 0 Å². The predicted molar refractivity (Wildman–Crippen MR) is 70.3 cm³/mol. The maximum Gasteiger partial charge on any atom is 0.340 e. The third kappa shape index (κ3) is 4.29. The van der Waals surface area contributed by atoms with Gasteiger partial charge in [0.25, 0.3) is 0 Å². The van der Waals surface area contributed by atoms with Crippen LogP contribution in [0.2, 0.25) is 0 Å². The van der Waals surface area contributed by atoms with E-state index in [2.05, 4.69) is 10.1 Å². The van der Waals surface area contributed by atoms with E-state index < -0.39 is 11.8 Å². The highest BCUT2D eigenvalue weighted by molar-refractivity contribution is 5.89. The van der Waals surface area contributed by atoms with Gasteiger partial charge >= 0.3 is 5.97 Å². The highest BCUT2D eigenvalue weighted by Crippen LogP contribution is 2.12. The van der Waals surface area contributed by atoms with Gasteiger partial charge < -0.3 is 15.2 Å². The predicted octanol–water partition coefficient (Wildman–Crippen LogP) is 1.72. The second kappa shape index (κ2) is 7.21. The van der Waals surface area contributed by atoms with E-state index in [9.17, 15) is 9.18 Å². The number of methoxy groups -OCH3 is 1. The van der Waals surface area contributed by atoms with Gasteiger partial charge in [-0.2, -0.15) is 0 Å². The first-order valence-corrected chi connectivity index (χ1v) is 6.20. The number of halogens is 1. The number of carbonyl (C=O) groups excluding carboxylic acids is 1. The van der Waals surface area contributed by atoms with E-state index in [1.165, 1.54) is 19.2 Å². The van der Waals surface area contributed by atoms with Gasteiger partial charge in [-0.05, 0) is 30.5 Å². The van der Waals surface area contributed by atoms with E-state index >= 15 is 0 Å². The number of carbonyl (C=O) groups is 1. The van der Waals surface area contributed by atoms with Gasteiger partial charge in [-0.3, -0.25) is 0 Å². The van der Waals surface area contributed by atoms with Gasteiger partial charge in [-0.1, -0.05) is 13.0 Å². The summed E-state index contributed by atoms with van der Waals surface area (Å²) >= 11 is 0. The number of nitrogens with one attached hydrogen (secondary N) is 1. The Bertz CT molecular complexity index is 437. The summed E-state index contributed by atoms with van der Waals surface area (Å²) in [6.07, 6.45) is 0. The number of rotatable bonds is 6. The molecule has 5 heteroatoms. The van der Waals surface area contributed by atoms with Crippen molar-refractivity contribution in [2.75, 3.05) is 13.7 Å². The fraction of sp³-hybridized carbons (Fsp3) is 0.500. The van der Waals surface area contributed by atoms with E-state index in [0.29, 0.717) is 6.54 Å². The molecule has 0 aliphatic heterocycles. The molecule has 1 aromatic rings. The minimum absolute atomic E-state index is 0.0666. The number of esters is 1. The van der Waals surface area contributed by atoms with Crippen LogP contribution in [-0.4, -0.2) is 30.8 Å². The Labute approximate surface area is 112 Å². The fourth-order valence-electron chi connectivity index (χ4n) is 1.58. The molecular weight excluding hydrogens is 249 g/mol. The number of aliphatic hydroxyl groups is 1. The quantitative estimate of drug-likeness (QED) is 0.772. The van der Waals surface area contributed by atoms with Crippen LogP contribution in [0.15, 0.2) is 18.2 Å². The van der Waals surface area contributed by atoms with E-state index in [-0.39, 0.29) is 24.1 Å². The second-order valence-electron chi connectivity index (χ2n) is 4.64. The second-order valence-corrected chi connectivity index (χ2v) is 4.64. The zero-order chi connectivity index (χ0) is 14.4. The SMILES string of the molecule is COC(=O)c1ccc(CNC(C)C(C)CO)cc1F. The van der Waals surface area contributed by atoms with Crippen molar-refractivity contribution in [3.05, 3.63) is 35.1 Å². The summed E-state index contributed by atoms with van der Waals surface area (Å²) in [7, 11) is 1.22. The largest absolute Gasteiger partial charge is 0.465 e. The van der Waals surface area contributed by atoms with E-state index in [4.69, 9.17) is 5.11 Å². The van der Waals surface area contributed by atoms with E-state index in [1.54, 1.807) is 6.07 Å². The summed E-state index contributed by atoms with van der Waals surface area (Å²) in [5.74, 6) is -1.15. The molecule has 0 aliphatic rings. The molecule has 106 valence electrons. The van der Waals surface area contributed by atoms with Crippen molar-refractivity contribution in [3.63, 3.8) is 0 Å². The molecule has 2 N–H and O–H groups in total. The molecule has 0 bridgehead atoms. The molecule has 1 rings (SSSR count). The van der Waals surface area contributed by atoms with Crippen molar-refractivity contribution in [1.82, 2.24) is 5.32 Å². The Morgan fingerprint density at radius 3 is 2.68 bits per heavy atom. The monoisotopic (exact) mass is 269 g/mol. The number of aliphatic hydroxyl groups excluding tert-OH is 1. The van der Waals surface area contributed by atoms with Gasteiger partial charge in [-0.25, -0.2) is 9.18 Å². The standard InChI is InChI=1S/C14H20FNO3/c1-9(8-17)10(2)16-7-11-4-5-12(13(15)6-11)14(18)19-3/h4-6,9-10,16-17H,7-8H2,1-3H3. The molecule has 1 aromatic carbocycles. The van der Waals surface area contributed by atoms with Crippen molar-refractivity contribution < 1.29 is 19.0 Å². The molecule has 4 nitrogen and oxygen atoms in total. The summed E-state index contributed by atoms with van der Waals surface area (Å²) in [5.41, 5.74) is 0.671. The fourth-order valence-corrected chi connectivity index (χ4v) is 1.58. The summed E-state index contributed by atoms with van der Waals surface area (Å²) in [5, 5.41) is 12.2. The van der Waals surface area contributed by atoms with Crippen molar-refractivity contribution in [1.29, 1.82) is 0 Å². The van der Waals surface area contributed by atoms with Crippen LogP contribution in [0.25, 0.3) is 0 Å². The molecule has 0 radical (unpaired) electrons. The van der Waals surface area contributed by atoms with Crippen LogP contribution in [0.3, 0.4) is 0 Å². The topological polar surface area (TPSA) is 58.6 Å². The lowest BCUT2D eigenvalue weighted by Gasteiger charge is -2.19. The first kappa shape index (κ1) is 15.6. The Hall–Kier alpha value is -1.46. The number of ether oxygens (including phenoxy) is 1. The molecule has 0 saturated heterocycles. The maximum absolute atomic E-state index is 13.7. The molecule has 19 heavy (non-hydrogen) atoms. The lowest BCUT2D eigenvalue weighted by Crippen LogP contribution is -2.33. The molecule has 0 fully saturated rings. The van der Waals surface area contributed by atoms with Gasteiger partial charge in [0.2, 0.25) is 0 Å². The van der Waals surface area contributed by atoms with Gasteiger partial charge in [0, 0.05) is 19.2 Å². The van der Waals surface area contributed by atoms with Crippen LogP contribution in [0.4, 0.5) is 4.39 Å². The Morgan fingerprint density at radius 1 is 1.47 bits per heavy atom. The number of hydrogen-bond donors (Lipinski definition) is 2. The maximum atomic E-state index is 13.7. The highest BCUT2D eigenvalue weighted by atomic mass is 19.1. The van der Waals surface area contributed by atoms with Crippen LogP contribution < -0.4 is 5.32 Å². The van der Waals surface area contributed by atoms with Crippen molar-refractivity contribution in [2.24, 2.45) is 5.92 Å². The molecule has 0 aromatic heterocycles. The summed E-state index contributed by atoms with van der Waals surface area (Å²) in [4.78, 5) is 11.2. The number of hydrogen-bond acceptors (Lipinski definition) is 4. The van der Waals surface area contributed by atoms with Gasteiger partial charge in [-0.15, -0.1) is 0 Å². The van der Waals surface area contributed by atoms with Gasteiger partial charge in [0.05, 0.1) is 12.7 Å². The third-order valence-corrected chi connectivity index (χ3v) is 3.21. The lowest BCUT2D eigenvalue weighted by molar-refractivity contribution is 0.0595. The summed E-state index contributed by atoms with van der Waals surface area (Å²) < 4.78 is 18.1. The first-order valence-electron chi connectivity index (χ1n) is 6.20.